The zero-order valence-electron chi connectivity index (χ0n) is 14.2. The van der Waals surface area contributed by atoms with E-state index in [1.54, 1.807) is 19.1 Å². The van der Waals surface area contributed by atoms with Gasteiger partial charge in [-0.25, -0.2) is 4.79 Å². The van der Waals surface area contributed by atoms with Crippen LogP contribution in [-0.2, 0) is 11.3 Å². The number of aromatic nitrogens is 3. The second-order valence-electron chi connectivity index (χ2n) is 5.29. The van der Waals surface area contributed by atoms with Gasteiger partial charge in [0.15, 0.2) is 11.0 Å². The minimum absolute atomic E-state index is 0.386. The summed E-state index contributed by atoms with van der Waals surface area (Å²) in [7, 11) is 1.46. The van der Waals surface area contributed by atoms with E-state index in [4.69, 9.17) is 11.6 Å². The van der Waals surface area contributed by atoms with Crippen LogP contribution in [0.5, 0.6) is 0 Å². The summed E-state index contributed by atoms with van der Waals surface area (Å²) in [5.41, 5.74) is 0.902. The third kappa shape index (κ3) is 4.96. The van der Waals surface area contributed by atoms with E-state index >= 15 is 0 Å². The van der Waals surface area contributed by atoms with Crippen LogP contribution in [0.1, 0.15) is 20.3 Å². The molecule has 0 saturated heterocycles. The molecule has 0 radical (unpaired) electrons. The molecule has 1 aromatic heterocycles. The molecule has 0 fully saturated rings. The lowest BCUT2D eigenvalue weighted by atomic mass is 10.2. The van der Waals surface area contributed by atoms with Crippen LogP contribution in [-0.4, -0.2) is 39.0 Å². The molecule has 0 aliphatic carbocycles. The zero-order valence-corrected chi connectivity index (χ0v) is 15.8. The first-order valence-electron chi connectivity index (χ1n) is 7.84. The predicted octanol–water partition coefficient (Wildman–Crippen LogP) is 2.94. The highest BCUT2D eigenvalue weighted by Crippen LogP contribution is 2.27. The van der Waals surface area contributed by atoms with Gasteiger partial charge >= 0.3 is 6.03 Å². The van der Waals surface area contributed by atoms with Gasteiger partial charge in [-0.15, -0.1) is 10.2 Å². The zero-order chi connectivity index (χ0) is 18.4. The van der Waals surface area contributed by atoms with E-state index in [0.717, 1.165) is 24.4 Å². The summed E-state index contributed by atoms with van der Waals surface area (Å²) in [6, 6.07) is 6.83. The standard InChI is InChI=1S/C16H20ClN5O2S/c1-4-9-22-13(11-5-7-12(17)8-6-11)20-21-16(22)25-10(2)14(23)19-15(24)18-3/h5-8,10H,4,9H2,1-3H3,(H2,18,19,23,24)/t10-/m0/s1. The fourth-order valence-corrected chi connectivity index (χ4v) is 3.10. The number of amides is 3. The third-order valence-electron chi connectivity index (χ3n) is 3.38. The second-order valence-corrected chi connectivity index (χ2v) is 7.04. The second kappa shape index (κ2) is 8.87. The molecule has 1 heterocycles. The van der Waals surface area contributed by atoms with E-state index in [9.17, 15) is 9.59 Å². The Balaban J connectivity index is 2.22. The van der Waals surface area contributed by atoms with Crippen molar-refractivity contribution in [3.63, 3.8) is 0 Å². The number of urea groups is 1. The summed E-state index contributed by atoms with van der Waals surface area (Å²) >= 11 is 7.20. The molecule has 9 heteroatoms. The normalized spacial score (nSPS) is 11.8. The fourth-order valence-electron chi connectivity index (χ4n) is 2.10. The average molecular weight is 382 g/mol. The Morgan fingerprint density at radius 3 is 2.56 bits per heavy atom. The van der Waals surface area contributed by atoms with Crippen molar-refractivity contribution >= 4 is 35.3 Å². The number of nitrogens with zero attached hydrogens (tertiary/aromatic N) is 3. The van der Waals surface area contributed by atoms with Crippen molar-refractivity contribution in [3.8, 4) is 11.4 Å². The van der Waals surface area contributed by atoms with Crippen LogP contribution in [0, 0.1) is 0 Å². The van der Waals surface area contributed by atoms with Gasteiger partial charge in [-0.2, -0.15) is 0 Å². The maximum Gasteiger partial charge on any atom is 0.321 e. The molecule has 134 valence electrons. The molecule has 7 nitrogen and oxygen atoms in total. The van der Waals surface area contributed by atoms with Crippen molar-refractivity contribution in [1.82, 2.24) is 25.4 Å². The van der Waals surface area contributed by atoms with Gasteiger partial charge in [0.2, 0.25) is 5.91 Å². The first-order valence-corrected chi connectivity index (χ1v) is 9.10. The number of benzene rings is 1. The van der Waals surface area contributed by atoms with Crippen molar-refractivity contribution in [2.75, 3.05) is 7.05 Å². The summed E-state index contributed by atoms with van der Waals surface area (Å²) in [6.45, 7) is 4.49. The van der Waals surface area contributed by atoms with E-state index < -0.39 is 11.3 Å². The molecule has 2 rings (SSSR count). The van der Waals surface area contributed by atoms with Crippen molar-refractivity contribution in [1.29, 1.82) is 0 Å². The topological polar surface area (TPSA) is 88.9 Å². The van der Waals surface area contributed by atoms with Crippen molar-refractivity contribution < 1.29 is 9.59 Å². The highest BCUT2D eigenvalue weighted by molar-refractivity contribution is 8.00. The van der Waals surface area contributed by atoms with E-state index in [2.05, 4.69) is 27.8 Å². The summed E-state index contributed by atoms with van der Waals surface area (Å²) < 4.78 is 1.97. The molecule has 0 spiro atoms. The molecule has 0 unspecified atom stereocenters. The molecule has 0 aliphatic rings. The average Bonchev–Trinajstić information content (AvgIpc) is 2.98. The monoisotopic (exact) mass is 381 g/mol. The number of rotatable bonds is 6. The minimum atomic E-state index is -0.533. The van der Waals surface area contributed by atoms with Crippen LogP contribution in [0.4, 0.5) is 4.79 Å². The smallest absolute Gasteiger partial charge is 0.321 e. The first-order chi connectivity index (χ1) is 12.0. The summed E-state index contributed by atoms with van der Waals surface area (Å²) in [5.74, 6) is 0.336. The molecule has 2 aromatic rings. The Morgan fingerprint density at radius 2 is 1.96 bits per heavy atom. The van der Waals surface area contributed by atoms with Crippen molar-refractivity contribution in [2.45, 2.75) is 37.2 Å². The molecular formula is C16H20ClN5O2S. The lowest BCUT2D eigenvalue weighted by Crippen LogP contribution is -2.41. The number of hydrogen-bond acceptors (Lipinski definition) is 5. The Bertz CT molecular complexity index is 747. The number of halogens is 1. The number of nitrogens with one attached hydrogen (secondary N) is 2. The van der Waals surface area contributed by atoms with Crippen LogP contribution in [0.3, 0.4) is 0 Å². The molecule has 0 saturated carbocycles. The van der Waals surface area contributed by atoms with Crippen LogP contribution in [0.15, 0.2) is 29.4 Å². The van der Waals surface area contributed by atoms with Gasteiger partial charge in [-0.05, 0) is 37.6 Å². The molecular weight excluding hydrogens is 362 g/mol. The summed E-state index contributed by atoms with van der Waals surface area (Å²) in [4.78, 5) is 23.3. The number of carbonyl (C=O) groups excluding carboxylic acids is 2. The van der Waals surface area contributed by atoms with Gasteiger partial charge in [-0.3, -0.25) is 10.1 Å². The van der Waals surface area contributed by atoms with Crippen molar-refractivity contribution in [3.05, 3.63) is 29.3 Å². The maximum absolute atomic E-state index is 12.0. The lowest BCUT2D eigenvalue weighted by Gasteiger charge is -2.12. The van der Waals surface area contributed by atoms with Gasteiger partial charge in [0.25, 0.3) is 0 Å². The van der Waals surface area contributed by atoms with Crippen LogP contribution >= 0.6 is 23.4 Å². The molecule has 2 N–H and O–H groups in total. The maximum atomic E-state index is 12.0. The van der Waals surface area contributed by atoms with E-state index in [0.29, 0.717) is 10.2 Å². The van der Waals surface area contributed by atoms with E-state index in [1.165, 1.54) is 18.8 Å². The first kappa shape index (κ1) is 19.3. The van der Waals surface area contributed by atoms with E-state index in [1.807, 2.05) is 16.7 Å². The third-order valence-corrected chi connectivity index (χ3v) is 4.71. The fraction of sp³-hybridized carbons (Fsp3) is 0.375. The van der Waals surface area contributed by atoms with Crippen molar-refractivity contribution in [2.24, 2.45) is 0 Å². The molecule has 25 heavy (non-hydrogen) atoms. The lowest BCUT2D eigenvalue weighted by molar-refractivity contribution is -0.119. The quantitative estimate of drug-likeness (QED) is 0.751. The Kier molecular flexibility index (Phi) is 6.83. The predicted molar refractivity (Wildman–Crippen MR) is 98.7 cm³/mol. The summed E-state index contributed by atoms with van der Waals surface area (Å²) in [5, 5.41) is 13.9. The van der Waals surface area contributed by atoms with Crippen LogP contribution < -0.4 is 10.6 Å². The van der Waals surface area contributed by atoms with Gasteiger partial charge in [0.05, 0.1) is 5.25 Å². The highest BCUT2D eigenvalue weighted by Gasteiger charge is 2.21. The number of carbonyl (C=O) groups is 2. The number of thioether (sulfide) groups is 1. The molecule has 1 atom stereocenters. The van der Waals surface area contributed by atoms with Crippen LogP contribution in [0.2, 0.25) is 5.02 Å². The van der Waals surface area contributed by atoms with Crippen LogP contribution in [0.25, 0.3) is 11.4 Å². The number of hydrogen-bond donors (Lipinski definition) is 2. The Morgan fingerprint density at radius 1 is 1.28 bits per heavy atom. The van der Waals surface area contributed by atoms with Gasteiger partial charge in [0, 0.05) is 24.2 Å². The Hall–Kier alpha value is -2.06. The van der Waals surface area contributed by atoms with E-state index in [-0.39, 0.29) is 5.91 Å². The minimum Gasteiger partial charge on any atom is -0.341 e. The molecule has 3 amide bonds. The van der Waals surface area contributed by atoms with Gasteiger partial charge < -0.3 is 9.88 Å². The highest BCUT2D eigenvalue weighted by atomic mass is 35.5. The SMILES string of the molecule is CCCn1c(S[C@@H](C)C(=O)NC(=O)NC)nnc1-c1ccc(Cl)cc1. The molecule has 1 aromatic carbocycles. The van der Waals surface area contributed by atoms with Gasteiger partial charge in [-0.1, -0.05) is 30.3 Å². The summed E-state index contributed by atoms with van der Waals surface area (Å²) in [6.07, 6.45) is 0.894. The Labute approximate surface area is 155 Å². The largest absolute Gasteiger partial charge is 0.341 e. The van der Waals surface area contributed by atoms with Gasteiger partial charge in [0.1, 0.15) is 0 Å². The molecule has 0 bridgehead atoms. The molecule has 0 aliphatic heterocycles. The number of imide groups is 1.